The van der Waals surface area contributed by atoms with E-state index < -0.39 is 5.91 Å². The number of carbonyl (C=O) groups is 2. The second-order valence-corrected chi connectivity index (χ2v) is 7.20. The third kappa shape index (κ3) is 5.57. The minimum Gasteiger partial charge on any atom is -0.493 e. The lowest BCUT2D eigenvalue weighted by molar-refractivity contribution is -0.117. The molecule has 2 aromatic carbocycles. The fraction of sp³-hybridized carbons (Fsp3) is 0.200. The molecule has 1 heterocycles. The maximum Gasteiger partial charge on any atom is 0.268 e. The maximum atomic E-state index is 12.9. The van der Waals surface area contributed by atoms with E-state index >= 15 is 0 Å². The molecule has 0 unspecified atom stereocenters. The van der Waals surface area contributed by atoms with Crippen molar-refractivity contribution in [2.45, 2.75) is 20.4 Å². The normalized spacial score (nSPS) is 11.1. The lowest BCUT2D eigenvalue weighted by atomic mass is 10.1. The van der Waals surface area contributed by atoms with Crippen molar-refractivity contribution in [3.8, 4) is 11.5 Å². The van der Waals surface area contributed by atoms with Gasteiger partial charge in [0.2, 0.25) is 0 Å². The lowest BCUT2D eigenvalue weighted by Crippen LogP contribution is -2.34. The van der Waals surface area contributed by atoms with E-state index in [1.54, 1.807) is 50.6 Å². The van der Waals surface area contributed by atoms with Gasteiger partial charge in [0.25, 0.3) is 11.8 Å². The Balaban J connectivity index is 1.77. The summed E-state index contributed by atoms with van der Waals surface area (Å²) in [6.45, 7) is 4.14. The highest BCUT2D eigenvalue weighted by atomic mass is 16.5. The molecule has 0 aliphatic heterocycles. The first kappa shape index (κ1) is 22.7. The number of hydrogen-bond donors (Lipinski definition) is 2. The van der Waals surface area contributed by atoms with Crippen molar-refractivity contribution in [1.29, 1.82) is 0 Å². The van der Waals surface area contributed by atoms with Crippen molar-refractivity contribution in [2.24, 2.45) is 0 Å². The van der Waals surface area contributed by atoms with Crippen LogP contribution < -0.4 is 20.1 Å². The molecule has 166 valence electrons. The van der Waals surface area contributed by atoms with Gasteiger partial charge in [-0.3, -0.25) is 9.59 Å². The second kappa shape index (κ2) is 10.3. The lowest BCUT2D eigenvalue weighted by Gasteiger charge is -2.13. The summed E-state index contributed by atoms with van der Waals surface area (Å²) in [7, 11) is 3.11. The third-order valence-corrected chi connectivity index (χ3v) is 4.99. The topological polar surface area (TPSA) is 89.8 Å². The van der Waals surface area contributed by atoms with E-state index in [0.29, 0.717) is 22.8 Å². The zero-order chi connectivity index (χ0) is 23.1. The minimum atomic E-state index is -0.451. The van der Waals surface area contributed by atoms with Crippen molar-refractivity contribution in [2.75, 3.05) is 14.2 Å². The monoisotopic (exact) mass is 434 g/mol. The summed E-state index contributed by atoms with van der Waals surface area (Å²) >= 11 is 0. The van der Waals surface area contributed by atoms with Crippen LogP contribution in [0.25, 0.3) is 6.08 Å². The Kier molecular flexibility index (Phi) is 7.33. The van der Waals surface area contributed by atoms with Crippen LogP contribution >= 0.6 is 0 Å². The van der Waals surface area contributed by atoms with Gasteiger partial charge in [-0.05, 0) is 66.9 Å². The number of amides is 2. The predicted octanol–water partition coefficient (Wildman–Crippen LogP) is 4.00. The average Bonchev–Trinajstić information content (AvgIpc) is 3.31. The molecule has 0 radical (unpaired) electrons. The van der Waals surface area contributed by atoms with Gasteiger partial charge < -0.3 is 24.5 Å². The van der Waals surface area contributed by atoms with Crippen molar-refractivity contribution in [3.05, 3.63) is 88.5 Å². The number of furan rings is 1. The number of benzene rings is 2. The quantitative estimate of drug-likeness (QED) is 0.523. The van der Waals surface area contributed by atoms with E-state index in [4.69, 9.17) is 13.9 Å². The fourth-order valence-corrected chi connectivity index (χ4v) is 3.02. The van der Waals surface area contributed by atoms with Crippen LogP contribution in [0.1, 0.15) is 32.8 Å². The molecule has 3 rings (SSSR count). The standard InChI is InChI=1S/C25H26N2O5/c1-16-7-9-19(12-17(16)2)24(28)27-21(14-20-6-5-11-32-20)25(29)26-15-18-8-10-22(30-3)23(13-18)31-4/h5-14H,15H2,1-4H3,(H,26,29)(H,27,28). The number of rotatable bonds is 8. The summed E-state index contributed by atoms with van der Waals surface area (Å²) in [6, 6.07) is 14.2. The molecule has 0 spiro atoms. The Hall–Kier alpha value is -4.00. The smallest absolute Gasteiger partial charge is 0.268 e. The maximum absolute atomic E-state index is 12.9. The van der Waals surface area contributed by atoms with Crippen LogP contribution in [0.2, 0.25) is 0 Å². The predicted molar refractivity (Wildman–Crippen MR) is 121 cm³/mol. The number of hydrogen-bond acceptors (Lipinski definition) is 5. The zero-order valence-corrected chi connectivity index (χ0v) is 18.5. The molecule has 0 saturated carbocycles. The van der Waals surface area contributed by atoms with Crippen molar-refractivity contribution in [1.82, 2.24) is 10.6 Å². The van der Waals surface area contributed by atoms with E-state index in [1.165, 1.54) is 12.3 Å². The van der Waals surface area contributed by atoms with Gasteiger partial charge in [0, 0.05) is 18.2 Å². The van der Waals surface area contributed by atoms with Crippen molar-refractivity contribution in [3.63, 3.8) is 0 Å². The molecule has 7 nitrogen and oxygen atoms in total. The summed E-state index contributed by atoms with van der Waals surface area (Å²) < 4.78 is 15.9. The van der Waals surface area contributed by atoms with E-state index in [-0.39, 0.29) is 18.1 Å². The van der Waals surface area contributed by atoms with E-state index in [0.717, 1.165) is 16.7 Å². The van der Waals surface area contributed by atoms with E-state index in [9.17, 15) is 9.59 Å². The first-order chi connectivity index (χ1) is 15.4. The van der Waals surface area contributed by atoms with Gasteiger partial charge in [-0.15, -0.1) is 0 Å². The Morgan fingerprint density at radius 3 is 2.41 bits per heavy atom. The minimum absolute atomic E-state index is 0.0728. The first-order valence-electron chi connectivity index (χ1n) is 10.0. The van der Waals surface area contributed by atoms with Crippen LogP contribution in [0.3, 0.4) is 0 Å². The van der Waals surface area contributed by atoms with Gasteiger partial charge in [-0.2, -0.15) is 0 Å². The second-order valence-electron chi connectivity index (χ2n) is 7.20. The summed E-state index contributed by atoms with van der Waals surface area (Å²) in [5.41, 5.74) is 3.43. The fourth-order valence-electron chi connectivity index (χ4n) is 3.02. The molecule has 2 N–H and O–H groups in total. The van der Waals surface area contributed by atoms with Crippen molar-refractivity contribution >= 4 is 17.9 Å². The molecule has 1 aromatic heterocycles. The molecular weight excluding hydrogens is 408 g/mol. The zero-order valence-electron chi connectivity index (χ0n) is 18.5. The van der Waals surface area contributed by atoms with Gasteiger partial charge in [0.15, 0.2) is 11.5 Å². The summed E-state index contributed by atoms with van der Waals surface area (Å²) in [5.74, 6) is 0.775. The molecule has 32 heavy (non-hydrogen) atoms. The Bertz CT molecular complexity index is 1130. The molecule has 2 amide bonds. The summed E-state index contributed by atoms with van der Waals surface area (Å²) in [4.78, 5) is 25.7. The molecule has 7 heteroatoms. The summed E-state index contributed by atoms with van der Waals surface area (Å²) in [6.07, 6.45) is 2.99. The first-order valence-corrected chi connectivity index (χ1v) is 10.0. The molecule has 3 aromatic rings. The molecule has 0 aliphatic carbocycles. The molecule has 0 aliphatic rings. The van der Waals surface area contributed by atoms with Crippen molar-refractivity contribution < 1.29 is 23.5 Å². The highest BCUT2D eigenvalue weighted by Crippen LogP contribution is 2.27. The van der Waals surface area contributed by atoms with Gasteiger partial charge in [-0.25, -0.2) is 0 Å². The number of methoxy groups -OCH3 is 2. The molecule has 0 saturated heterocycles. The molecule has 0 fully saturated rings. The van der Waals surface area contributed by atoms with Gasteiger partial charge in [-0.1, -0.05) is 12.1 Å². The summed E-state index contributed by atoms with van der Waals surface area (Å²) in [5, 5.41) is 5.52. The van der Waals surface area contributed by atoms with Gasteiger partial charge in [0.1, 0.15) is 11.5 Å². The third-order valence-electron chi connectivity index (χ3n) is 4.99. The number of ether oxygens (including phenoxy) is 2. The largest absolute Gasteiger partial charge is 0.493 e. The van der Waals surface area contributed by atoms with Crippen LogP contribution in [0.4, 0.5) is 0 Å². The Morgan fingerprint density at radius 2 is 1.75 bits per heavy atom. The molecular formula is C25H26N2O5. The van der Waals surface area contributed by atoms with Crippen LogP contribution in [0, 0.1) is 13.8 Å². The number of aryl methyl sites for hydroxylation is 2. The number of nitrogens with one attached hydrogen (secondary N) is 2. The van der Waals surface area contributed by atoms with E-state index in [1.807, 2.05) is 26.0 Å². The van der Waals surface area contributed by atoms with Gasteiger partial charge >= 0.3 is 0 Å². The molecule has 0 atom stereocenters. The molecule has 0 bridgehead atoms. The Labute approximate surface area is 187 Å². The van der Waals surface area contributed by atoms with Crippen LogP contribution in [0.15, 0.2) is 64.9 Å². The van der Waals surface area contributed by atoms with E-state index in [2.05, 4.69) is 10.6 Å². The highest BCUT2D eigenvalue weighted by molar-refractivity contribution is 6.05. The average molecular weight is 434 g/mol. The number of carbonyl (C=O) groups excluding carboxylic acids is 2. The van der Waals surface area contributed by atoms with Crippen LogP contribution in [-0.4, -0.2) is 26.0 Å². The highest BCUT2D eigenvalue weighted by Gasteiger charge is 2.16. The van der Waals surface area contributed by atoms with Crippen LogP contribution in [-0.2, 0) is 11.3 Å². The Morgan fingerprint density at radius 1 is 0.969 bits per heavy atom. The SMILES string of the molecule is COc1ccc(CNC(=O)C(=Cc2ccco2)NC(=O)c2ccc(C)c(C)c2)cc1OC. The van der Waals surface area contributed by atoms with Crippen LogP contribution in [0.5, 0.6) is 11.5 Å². The van der Waals surface area contributed by atoms with Gasteiger partial charge in [0.05, 0.1) is 20.5 Å².